The zero-order valence-corrected chi connectivity index (χ0v) is 19.1. The van der Waals surface area contributed by atoms with Gasteiger partial charge in [-0.25, -0.2) is 0 Å². The molecule has 0 spiro atoms. The van der Waals surface area contributed by atoms with Gasteiger partial charge in [0.2, 0.25) is 0 Å². The summed E-state index contributed by atoms with van der Waals surface area (Å²) in [6.07, 6.45) is 0. The summed E-state index contributed by atoms with van der Waals surface area (Å²) in [6.45, 7) is 0. The van der Waals surface area contributed by atoms with Crippen LogP contribution in [0.2, 0.25) is 0 Å². The van der Waals surface area contributed by atoms with Gasteiger partial charge in [-0.3, -0.25) is 0 Å². The van der Waals surface area contributed by atoms with Crippen LogP contribution in [0, 0.1) is 14.3 Å². The van der Waals surface area contributed by atoms with Crippen LogP contribution in [0.1, 0.15) is 0 Å². The van der Waals surface area contributed by atoms with Crippen LogP contribution in [-0.4, -0.2) is 0 Å². The molecule has 0 aromatic heterocycles. The fraction of sp³-hybridized carbons (Fsp3) is 0. The van der Waals surface area contributed by atoms with Crippen LogP contribution in [0.15, 0.2) is 46.2 Å². The first-order valence-electron chi connectivity index (χ1n) is 4.82. The maximum absolute atomic E-state index is 2.42. The van der Waals surface area contributed by atoms with Gasteiger partial charge in [0.1, 0.15) is 0 Å². The summed E-state index contributed by atoms with van der Waals surface area (Å²) < 4.78 is 5.31. The maximum Gasteiger partial charge on any atom is 0.0408 e. The summed E-state index contributed by atoms with van der Waals surface area (Å²) in [5, 5.41) is 0. The number of benzene rings is 2. The van der Waals surface area contributed by atoms with Gasteiger partial charge < -0.3 is 0 Å². The molecule has 0 unspecified atom stereocenters. The highest BCUT2D eigenvalue weighted by Crippen LogP contribution is 2.42. The molecule has 2 aromatic carbocycles. The van der Waals surface area contributed by atoms with E-state index in [4.69, 9.17) is 0 Å². The monoisotopic (exact) mass is 722 g/mol. The van der Waals surface area contributed by atoms with Crippen molar-refractivity contribution in [3.05, 3.63) is 50.7 Å². The van der Waals surface area contributed by atoms with Crippen molar-refractivity contribution < 1.29 is 0 Å². The van der Waals surface area contributed by atoms with Gasteiger partial charge in [-0.1, -0.05) is 33.7 Å². The SMILES string of the molecule is Ic1cccc(SSc2cccc(I)c2I)c1I. The Morgan fingerprint density at radius 2 is 1.00 bits per heavy atom. The first kappa shape index (κ1) is 16.4. The summed E-state index contributed by atoms with van der Waals surface area (Å²) in [5.41, 5.74) is 0. The summed E-state index contributed by atoms with van der Waals surface area (Å²) in [4.78, 5) is 2.67. The Bertz CT molecular complexity index is 520. The van der Waals surface area contributed by atoms with Crippen LogP contribution >= 0.6 is 112 Å². The van der Waals surface area contributed by atoms with Crippen molar-refractivity contribution in [2.75, 3.05) is 0 Å². The number of halogens is 4. The molecule has 2 aromatic rings. The first-order chi connectivity index (χ1) is 8.59. The second-order valence-corrected chi connectivity index (χ2v) is 9.97. The Balaban J connectivity index is 2.17. The van der Waals surface area contributed by atoms with Gasteiger partial charge in [-0.15, -0.1) is 0 Å². The molecule has 0 nitrogen and oxygen atoms in total. The molecule has 0 radical (unpaired) electrons. The molecule has 0 atom stereocenters. The van der Waals surface area contributed by atoms with E-state index in [1.807, 2.05) is 21.6 Å². The minimum Gasteiger partial charge on any atom is -0.0600 e. The molecule has 0 bridgehead atoms. The van der Waals surface area contributed by atoms with Crippen LogP contribution in [0.25, 0.3) is 0 Å². The van der Waals surface area contributed by atoms with Crippen molar-refractivity contribution in [1.82, 2.24) is 0 Å². The Morgan fingerprint density at radius 1 is 0.611 bits per heavy atom. The van der Waals surface area contributed by atoms with E-state index < -0.39 is 0 Å². The molecule has 0 saturated carbocycles. The van der Waals surface area contributed by atoms with E-state index in [-0.39, 0.29) is 0 Å². The van der Waals surface area contributed by atoms with Crippen LogP contribution in [0.3, 0.4) is 0 Å². The zero-order chi connectivity index (χ0) is 13.1. The molecule has 94 valence electrons. The summed E-state index contributed by atoms with van der Waals surface area (Å²) in [7, 11) is 3.67. The Kier molecular flexibility index (Phi) is 7.21. The van der Waals surface area contributed by atoms with Gasteiger partial charge in [0.05, 0.1) is 0 Å². The van der Waals surface area contributed by atoms with Gasteiger partial charge in [-0.2, -0.15) is 0 Å². The third-order valence-corrected chi connectivity index (χ3v) is 11.4. The molecule has 0 N–H and O–H groups in total. The lowest BCUT2D eigenvalue weighted by atomic mass is 10.4. The van der Waals surface area contributed by atoms with E-state index in [2.05, 4.69) is 127 Å². The molecule has 0 saturated heterocycles. The number of hydrogen-bond donors (Lipinski definition) is 0. The molecule has 18 heavy (non-hydrogen) atoms. The van der Waals surface area contributed by atoms with E-state index in [1.165, 1.54) is 24.1 Å². The topological polar surface area (TPSA) is 0 Å². The molecular weight excluding hydrogens is 716 g/mol. The lowest BCUT2D eigenvalue weighted by molar-refractivity contribution is 1.37. The fourth-order valence-corrected chi connectivity index (χ4v) is 7.01. The van der Waals surface area contributed by atoms with Crippen molar-refractivity contribution in [2.24, 2.45) is 0 Å². The Hall–Kier alpha value is 2.06. The molecule has 0 heterocycles. The summed E-state index contributed by atoms with van der Waals surface area (Å²) in [5.74, 6) is 0. The van der Waals surface area contributed by atoms with E-state index in [1.54, 1.807) is 0 Å². The van der Waals surface area contributed by atoms with E-state index in [0.717, 1.165) is 0 Å². The molecule has 0 fully saturated rings. The molecule has 0 aliphatic heterocycles. The largest absolute Gasteiger partial charge is 0.0600 e. The molecule has 0 amide bonds. The molecule has 0 aliphatic rings. The highest BCUT2D eigenvalue weighted by Gasteiger charge is 2.08. The van der Waals surface area contributed by atoms with Crippen LogP contribution in [0.5, 0.6) is 0 Å². The van der Waals surface area contributed by atoms with Gasteiger partial charge >= 0.3 is 0 Å². The van der Waals surface area contributed by atoms with Gasteiger partial charge in [0.15, 0.2) is 0 Å². The molecular formula is C12H6I4S2. The quantitative estimate of drug-likeness (QED) is 0.250. The highest BCUT2D eigenvalue weighted by atomic mass is 127. The second-order valence-electron chi connectivity index (χ2n) is 3.27. The van der Waals surface area contributed by atoms with Crippen molar-refractivity contribution in [3.63, 3.8) is 0 Å². The van der Waals surface area contributed by atoms with Crippen LogP contribution in [0.4, 0.5) is 0 Å². The molecule has 0 aliphatic carbocycles. The van der Waals surface area contributed by atoms with E-state index in [9.17, 15) is 0 Å². The lowest BCUT2D eigenvalue weighted by Gasteiger charge is -2.07. The number of rotatable bonds is 3. The zero-order valence-electron chi connectivity index (χ0n) is 8.79. The third kappa shape index (κ3) is 4.28. The number of hydrogen-bond acceptors (Lipinski definition) is 2. The second kappa shape index (κ2) is 7.90. The van der Waals surface area contributed by atoms with Crippen LogP contribution in [-0.2, 0) is 0 Å². The minimum absolute atomic E-state index is 1.32. The maximum atomic E-state index is 2.42. The normalized spacial score (nSPS) is 10.7. The standard InChI is InChI=1S/C12H6I4S2/c13-7-3-1-5-9(11(7)15)17-18-10-6-2-4-8(14)12(10)16/h1-6H. The van der Waals surface area contributed by atoms with Crippen molar-refractivity contribution in [1.29, 1.82) is 0 Å². The Labute approximate surface area is 169 Å². The van der Waals surface area contributed by atoms with Gasteiger partial charge in [0, 0.05) is 24.1 Å². The highest BCUT2D eigenvalue weighted by molar-refractivity contribution is 14.1. The van der Waals surface area contributed by atoms with E-state index >= 15 is 0 Å². The van der Waals surface area contributed by atoms with Crippen molar-refractivity contribution in [3.8, 4) is 0 Å². The predicted molar refractivity (Wildman–Crippen MR) is 115 cm³/mol. The van der Waals surface area contributed by atoms with Crippen LogP contribution < -0.4 is 0 Å². The smallest absolute Gasteiger partial charge is 0.0408 e. The molecule has 6 heteroatoms. The molecule has 2 rings (SSSR count). The fourth-order valence-electron chi connectivity index (χ4n) is 1.19. The Morgan fingerprint density at radius 3 is 1.39 bits per heavy atom. The lowest BCUT2D eigenvalue weighted by Crippen LogP contribution is -1.84. The van der Waals surface area contributed by atoms with Crippen molar-refractivity contribution in [2.45, 2.75) is 9.79 Å². The van der Waals surface area contributed by atoms with Gasteiger partial charge in [0.25, 0.3) is 0 Å². The average molecular weight is 722 g/mol. The van der Waals surface area contributed by atoms with Gasteiger partial charge in [-0.05, 0) is 115 Å². The van der Waals surface area contributed by atoms with E-state index in [0.29, 0.717) is 0 Å². The first-order valence-corrected chi connectivity index (χ1v) is 11.3. The summed E-state index contributed by atoms with van der Waals surface area (Å²) in [6, 6.07) is 12.9. The van der Waals surface area contributed by atoms with Crippen molar-refractivity contribution >= 4 is 112 Å². The third-order valence-electron chi connectivity index (χ3n) is 2.05. The summed E-state index contributed by atoms with van der Waals surface area (Å²) >= 11 is 9.60. The minimum atomic E-state index is 1.32. The predicted octanol–water partition coefficient (Wildman–Crippen LogP) is 6.90. The average Bonchev–Trinajstić information content (AvgIpc) is 2.36.